The molecule has 158 valence electrons. The Balaban J connectivity index is 1.61. The third kappa shape index (κ3) is 6.99. The largest absolute Gasteiger partial charge is 0.325 e. The van der Waals surface area contributed by atoms with E-state index < -0.39 is 12.8 Å². The normalized spacial score (nSPS) is 22.4. The van der Waals surface area contributed by atoms with Crippen molar-refractivity contribution in [3.05, 3.63) is 0 Å². The molecule has 2 aliphatic heterocycles. The van der Waals surface area contributed by atoms with Crippen LogP contribution < -0.4 is 0 Å². The van der Waals surface area contributed by atoms with Crippen LogP contribution in [0, 0.1) is 0 Å². The molecular weight excluding hydrogens is 407 g/mol. The van der Waals surface area contributed by atoms with Crippen LogP contribution in [0.1, 0.15) is 44.9 Å². The SMILES string of the molecule is CP(=O)(O)OCCCCCCSC1CC(=O)N(CCN2C(=O)CCC2=O)C1=O. The first-order valence-electron chi connectivity index (χ1n) is 9.43. The Morgan fingerprint density at radius 2 is 1.61 bits per heavy atom. The molecule has 2 atom stereocenters. The average Bonchev–Trinajstić information content (AvgIpc) is 3.07. The molecule has 2 unspecified atom stereocenters. The van der Waals surface area contributed by atoms with Crippen LogP contribution in [-0.4, -0.2) is 75.7 Å². The van der Waals surface area contributed by atoms with Crippen molar-refractivity contribution in [3.8, 4) is 0 Å². The second kappa shape index (κ2) is 10.5. The number of nitrogens with zero attached hydrogens (tertiary/aromatic N) is 2. The van der Waals surface area contributed by atoms with Crippen molar-refractivity contribution < 1.29 is 33.2 Å². The van der Waals surface area contributed by atoms with Gasteiger partial charge in [0.1, 0.15) is 0 Å². The average molecular weight is 434 g/mol. The van der Waals surface area contributed by atoms with Gasteiger partial charge < -0.3 is 9.42 Å². The topological polar surface area (TPSA) is 121 Å². The van der Waals surface area contributed by atoms with Crippen LogP contribution in [-0.2, 0) is 28.3 Å². The maximum Gasteiger partial charge on any atom is 0.325 e. The van der Waals surface area contributed by atoms with E-state index in [2.05, 4.69) is 0 Å². The molecule has 0 radical (unpaired) electrons. The van der Waals surface area contributed by atoms with Gasteiger partial charge in [-0.25, -0.2) is 0 Å². The number of imide groups is 2. The summed E-state index contributed by atoms with van der Waals surface area (Å²) >= 11 is 1.45. The van der Waals surface area contributed by atoms with Crippen LogP contribution in [0.5, 0.6) is 0 Å². The molecule has 4 amide bonds. The van der Waals surface area contributed by atoms with E-state index in [0.29, 0.717) is 6.42 Å². The minimum absolute atomic E-state index is 0.0678. The molecule has 9 nitrogen and oxygen atoms in total. The Morgan fingerprint density at radius 1 is 1.00 bits per heavy atom. The summed E-state index contributed by atoms with van der Waals surface area (Å²) in [6, 6.07) is 0. The number of rotatable bonds is 12. The third-order valence-electron chi connectivity index (χ3n) is 4.59. The smallest absolute Gasteiger partial charge is 0.324 e. The molecule has 2 heterocycles. The van der Waals surface area contributed by atoms with E-state index in [4.69, 9.17) is 9.42 Å². The molecule has 0 bridgehead atoms. The van der Waals surface area contributed by atoms with E-state index in [1.165, 1.54) is 11.8 Å². The Morgan fingerprint density at radius 3 is 2.25 bits per heavy atom. The quantitative estimate of drug-likeness (QED) is 0.278. The summed E-state index contributed by atoms with van der Waals surface area (Å²) in [7, 11) is -3.40. The number of likely N-dealkylation sites (tertiary alicyclic amines) is 2. The van der Waals surface area contributed by atoms with Gasteiger partial charge in [-0.1, -0.05) is 12.8 Å². The molecule has 0 aromatic carbocycles. The predicted molar refractivity (Wildman–Crippen MR) is 104 cm³/mol. The number of hydrogen-bond donors (Lipinski definition) is 1. The van der Waals surface area contributed by atoms with Crippen molar-refractivity contribution in [3.63, 3.8) is 0 Å². The molecular formula is C17H27N2O7PS. The summed E-state index contributed by atoms with van der Waals surface area (Å²) in [6.45, 7) is 1.56. The highest BCUT2D eigenvalue weighted by atomic mass is 32.2. The Kier molecular flexibility index (Phi) is 8.67. The van der Waals surface area contributed by atoms with Crippen molar-refractivity contribution in [1.82, 2.24) is 9.80 Å². The van der Waals surface area contributed by atoms with Gasteiger partial charge in [-0.3, -0.25) is 33.5 Å². The van der Waals surface area contributed by atoms with E-state index >= 15 is 0 Å². The first-order chi connectivity index (χ1) is 13.2. The number of amides is 4. The van der Waals surface area contributed by atoms with E-state index in [1.54, 1.807) is 0 Å². The molecule has 2 saturated heterocycles. The summed E-state index contributed by atoms with van der Waals surface area (Å²) in [5, 5.41) is -0.402. The molecule has 11 heteroatoms. The van der Waals surface area contributed by atoms with E-state index in [0.717, 1.165) is 41.5 Å². The molecule has 0 aliphatic carbocycles. The van der Waals surface area contributed by atoms with Gasteiger partial charge in [-0.2, -0.15) is 0 Å². The number of carbonyl (C=O) groups is 4. The van der Waals surface area contributed by atoms with Gasteiger partial charge in [-0.15, -0.1) is 11.8 Å². The third-order valence-corrected chi connectivity index (χ3v) is 6.55. The second-order valence-corrected chi connectivity index (χ2v) is 10.1. The number of hydrogen-bond acceptors (Lipinski definition) is 7. The standard InChI is InChI=1S/C17H27N2O7PS/c1-27(24,25)26-10-4-2-3-5-11-28-13-12-16(22)19(17(13)23)9-8-18-14(20)6-7-15(18)21/h13H,2-12H2,1H3,(H,24,25). The molecule has 2 aliphatic rings. The van der Waals surface area contributed by atoms with Crippen LogP contribution in [0.25, 0.3) is 0 Å². The summed E-state index contributed by atoms with van der Waals surface area (Å²) in [5.74, 6) is -0.258. The lowest BCUT2D eigenvalue weighted by molar-refractivity contribution is -0.143. The number of unbranched alkanes of at least 4 members (excludes halogenated alkanes) is 3. The molecule has 28 heavy (non-hydrogen) atoms. The monoisotopic (exact) mass is 434 g/mol. The zero-order valence-corrected chi connectivity index (χ0v) is 17.7. The zero-order valence-electron chi connectivity index (χ0n) is 16.0. The molecule has 0 aromatic heterocycles. The lowest BCUT2D eigenvalue weighted by Gasteiger charge is -2.19. The fourth-order valence-electron chi connectivity index (χ4n) is 3.11. The molecule has 0 aromatic rings. The molecule has 1 N–H and O–H groups in total. The molecule has 2 rings (SSSR count). The Bertz CT molecular complexity index is 650. The Labute approximate surface area is 168 Å². The highest BCUT2D eigenvalue weighted by Crippen LogP contribution is 2.36. The first-order valence-corrected chi connectivity index (χ1v) is 12.5. The minimum atomic E-state index is -3.40. The van der Waals surface area contributed by atoms with Gasteiger partial charge in [-0.05, 0) is 18.6 Å². The number of thioether (sulfide) groups is 1. The fourth-order valence-corrected chi connectivity index (χ4v) is 4.76. The summed E-state index contributed by atoms with van der Waals surface area (Å²) in [6.07, 6.45) is 3.90. The van der Waals surface area contributed by atoms with Crippen LogP contribution in [0.3, 0.4) is 0 Å². The fraction of sp³-hybridized carbons (Fsp3) is 0.765. The van der Waals surface area contributed by atoms with Crippen LogP contribution in [0.2, 0.25) is 0 Å². The van der Waals surface area contributed by atoms with Gasteiger partial charge in [0, 0.05) is 39.0 Å². The summed E-state index contributed by atoms with van der Waals surface area (Å²) < 4.78 is 15.8. The first kappa shape index (κ1) is 23.1. The van der Waals surface area contributed by atoms with Gasteiger partial charge >= 0.3 is 7.60 Å². The highest BCUT2D eigenvalue weighted by molar-refractivity contribution is 8.00. The van der Waals surface area contributed by atoms with Crippen molar-refractivity contribution in [2.24, 2.45) is 0 Å². The van der Waals surface area contributed by atoms with Gasteiger partial charge in [0.2, 0.25) is 23.6 Å². The van der Waals surface area contributed by atoms with Gasteiger partial charge in [0.05, 0.1) is 11.9 Å². The van der Waals surface area contributed by atoms with Crippen molar-refractivity contribution in [1.29, 1.82) is 0 Å². The summed E-state index contributed by atoms with van der Waals surface area (Å²) in [4.78, 5) is 59.0. The maximum absolute atomic E-state index is 12.4. The van der Waals surface area contributed by atoms with Crippen molar-refractivity contribution in [2.45, 2.75) is 50.2 Å². The zero-order chi connectivity index (χ0) is 20.7. The lowest BCUT2D eigenvalue weighted by Crippen LogP contribution is -2.40. The lowest BCUT2D eigenvalue weighted by atomic mass is 10.2. The van der Waals surface area contributed by atoms with Crippen LogP contribution in [0.15, 0.2) is 0 Å². The van der Waals surface area contributed by atoms with Crippen LogP contribution >= 0.6 is 19.4 Å². The number of carbonyl (C=O) groups excluding carboxylic acids is 4. The van der Waals surface area contributed by atoms with Crippen molar-refractivity contribution >= 4 is 43.0 Å². The second-order valence-electron chi connectivity index (χ2n) is 6.94. The van der Waals surface area contributed by atoms with Crippen LogP contribution in [0.4, 0.5) is 0 Å². The van der Waals surface area contributed by atoms with E-state index in [-0.39, 0.29) is 62.6 Å². The predicted octanol–water partition coefficient (Wildman–Crippen LogP) is 1.39. The molecule has 0 spiro atoms. The van der Waals surface area contributed by atoms with E-state index in [9.17, 15) is 23.7 Å². The van der Waals surface area contributed by atoms with Crippen molar-refractivity contribution in [2.75, 3.05) is 32.1 Å². The molecule has 0 saturated carbocycles. The van der Waals surface area contributed by atoms with E-state index in [1.807, 2.05) is 0 Å². The highest BCUT2D eigenvalue weighted by Gasteiger charge is 2.39. The van der Waals surface area contributed by atoms with Gasteiger partial charge in [0.25, 0.3) is 0 Å². The van der Waals surface area contributed by atoms with Gasteiger partial charge in [0.15, 0.2) is 0 Å². The molecule has 2 fully saturated rings. The maximum atomic E-state index is 12.4. The summed E-state index contributed by atoms with van der Waals surface area (Å²) in [5.41, 5.74) is 0. The minimum Gasteiger partial charge on any atom is -0.324 e. The Hall–Kier alpha value is -1.22.